The zero-order chi connectivity index (χ0) is 13.3. The summed E-state index contributed by atoms with van der Waals surface area (Å²) in [6, 6.07) is 0. The van der Waals surface area contributed by atoms with Gasteiger partial charge < -0.3 is 5.11 Å². The Bertz CT molecular complexity index is 201. The van der Waals surface area contributed by atoms with Crippen molar-refractivity contribution >= 4 is 5.97 Å². The molecule has 0 aromatic carbocycles. The molecular formula is C15H30O2. The van der Waals surface area contributed by atoms with Crippen LogP contribution in [0.3, 0.4) is 0 Å². The van der Waals surface area contributed by atoms with Gasteiger partial charge in [0.25, 0.3) is 0 Å². The lowest BCUT2D eigenvalue weighted by atomic mass is 9.92. The SMILES string of the molecule is CCC(C)CCCC(C)CCCC(C)C(=O)O. The summed E-state index contributed by atoms with van der Waals surface area (Å²) < 4.78 is 0. The van der Waals surface area contributed by atoms with E-state index in [1.165, 1.54) is 32.1 Å². The number of carboxylic acids is 1. The van der Waals surface area contributed by atoms with Crippen molar-refractivity contribution in [2.24, 2.45) is 17.8 Å². The monoisotopic (exact) mass is 242 g/mol. The van der Waals surface area contributed by atoms with Crippen LogP contribution in [0, 0.1) is 17.8 Å². The first kappa shape index (κ1) is 16.5. The molecule has 0 aliphatic rings. The fraction of sp³-hybridized carbons (Fsp3) is 0.933. The average Bonchev–Trinajstić information content (AvgIpc) is 2.28. The zero-order valence-electron chi connectivity index (χ0n) is 12.0. The summed E-state index contributed by atoms with van der Waals surface area (Å²) >= 11 is 0. The highest BCUT2D eigenvalue weighted by Gasteiger charge is 2.11. The fourth-order valence-corrected chi connectivity index (χ4v) is 2.06. The molecule has 0 aromatic heterocycles. The van der Waals surface area contributed by atoms with Gasteiger partial charge in [-0.05, 0) is 18.3 Å². The average molecular weight is 242 g/mol. The van der Waals surface area contributed by atoms with E-state index in [2.05, 4.69) is 20.8 Å². The molecule has 2 heteroatoms. The predicted molar refractivity (Wildman–Crippen MR) is 73.1 cm³/mol. The normalized spacial score (nSPS) is 16.5. The van der Waals surface area contributed by atoms with E-state index in [-0.39, 0.29) is 5.92 Å². The molecule has 0 aliphatic carbocycles. The van der Waals surface area contributed by atoms with Crippen molar-refractivity contribution in [3.8, 4) is 0 Å². The van der Waals surface area contributed by atoms with Gasteiger partial charge in [-0.3, -0.25) is 4.79 Å². The smallest absolute Gasteiger partial charge is 0.306 e. The zero-order valence-corrected chi connectivity index (χ0v) is 12.0. The number of carboxylic acid groups (broad SMARTS) is 1. The third-order valence-electron chi connectivity index (χ3n) is 3.85. The van der Waals surface area contributed by atoms with Crippen molar-refractivity contribution < 1.29 is 9.90 Å². The van der Waals surface area contributed by atoms with Gasteiger partial charge in [0.2, 0.25) is 0 Å². The summed E-state index contributed by atoms with van der Waals surface area (Å²) in [5, 5.41) is 8.78. The summed E-state index contributed by atoms with van der Waals surface area (Å²) in [4.78, 5) is 10.7. The minimum absolute atomic E-state index is 0.178. The predicted octanol–water partition coefficient (Wildman–Crippen LogP) is 4.73. The minimum Gasteiger partial charge on any atom is -0.481 e. The van der Waals surface area contributed by atoms with E-state index in [1.807, 2.05) is 0 Å². The van der Waals surface area contributed by atoms with Crippen LogP contribution < -0.4 is 0 Å². The third kappa shape index (κ3) is 9.20. The van der Waals surface area contributed by atoms with E-state index >= 15 is 0 Å². The van der Waals surface area contributed by atoms with Gasteiger partial charge in [-0.15, -0.1) is 0 Å². The summed E-state index contributed by atoms with van der Waals surface area (Å²) in [7, 11) is 0. The Hall–Kier alpha value is -0.530. The largest absolute Gasteiger partial charge is 0.481 e. The van der Waals surface area contributed by atoms with E-state index in [4.69, 9.17) is 5.11 Å². The first-order valence-corrected chi connectivity index (χ1v) is 7.20. The first-order chi connectivity index (χ1) is 7.97. The lowest BCUT2D eigenvalue weighted by molar-refractivity contribution is -0.141. The number of rotatable bonds is 10. The highest BCUT2D eigenvalue weighted by Crippen LogP contribution is 2.20. The molecule has 0 saturated heterocycles. The second-order valence-electron chi connectivity index (χ2n) is 5.72. The van der Waals surface area contributed by atoms with E-state index in [0.29, 0.717) is 0 Å². The van der Waals surface area contributed by atoms with Crippen LogP contribution in [0.25, 0.3) is 0 Å². The maximum absolute atomic E-state index is 10.7. The van der Waals surface area contributed by atoms with Crippen LogP contribution in [0.5, 0.6) is 0 Å². The van der Waals surface area contributed by atoms with Crippen LogP contribution in [0.15, 0.2) is 0 Å². The Morgan fingerprint density at radius 3 is 1.88 bits per heavy atom. The molecule has 0 rings (SSSR count). The van der Waals surface area contributed by atoms with Crippen LogP contribution in [0.2, 0.25) is 0 Å². The second-order valence-corrected chi connectivity index (χ2v) is 5.72. The lowest BCUT2D eigenvalue weighted by Crippen LogP contribution is -2.09. The second kappa shape index (κ2) is 9.49. The Morgan fingerprint density at radius 1 is 0.941 bits per heavy atom. The molecule has 0 fully saturated rings. The van der Waals surface area contributed by atoms with E-state index in [9.17, 15) is 4.79 Å². The van der Waals surface area contributed by atoms with Gasteiger partial charge in [0, 0.05) is 0 Å². The Morgan fingerprint density at radius 2 is 1.41 bits per heavy atom. The van der Waals surface area contributed by atoms with Crippen LogP contribution in [-0.2, 0) is 4.79 Å². The minimum atomic E-state index is -0.658. The standard InChI is InChI=1S/C15H30O2/c1-5-12(2)8-6-9-13(3)10-7-11-14(4)15(16)17/h12-14H,5-11H2,1-4H3,(H,16,17). The van der Waals surface area contributed by atoms with E-state index in [1.54, 1.807) is 6.92 Å². The number of aliphatic carboxylic acids is 1. The molecule has 0 spiro atoms. The maximum Gasteiger partial charge on any atom is 0.306 e. The van der Waals surface area contributed by atoms with Gasteiger partial charge in [-0.1, -0.05) is 66.2 Å². The first-order valence-electron chi connectivity index (χ1n) is 7.20. The molecule has 0 bridgehead atoms. The Kier molecular flexibility index (Phi) is 9.20. The van der Waals surface area contributed by atoms with Crippen LogP contribution in [-0.4, -0.2) is 11.1 Å². The molecule has 2 nitrogen and oxygen atoms in total. The summed E-state index contributed by atoms with van der Waals surface area (Å²) in [5.74, 6) is 0.769. The van der Waals surface area contributed by atoms with Crippen molar-refractivity contribution in [3.63, 3.8) is 0 Å². The molecule has 1 N–H and O–H groups in total. The molecule has 0 aliphatic heterocycles. The summed E-state index contributed by atoms with van der Waals surface area (Å²) in [6.45, 7) is 8.67. The highest BCUT2D eigenvalue weighted by molar-refractivity contribution is 5.69. The topological polar surface area (TPSA) is 37.3 Å². The maximum atomic E-state index is 10.7. The van der Waals surface area contributed by atoms with Crippen LogP contribution in [0.1, 0.15) is 72.6 Å². The van der Waals surface area contributed by atoms with Gasteiger partial charge in [0.15, 0.2) is 0 Å². The molecule has 3 atom stereocenters. The van der Waals surface area contributed by atoms with E-state index in [0.717, 1.165) is 24.7 Å². The summed E-state index contributed by atoms with van der Waals surface area (Å²) in [5.41, 5.74) is 0. The van der Waals surface area contributed by atoms with Gasteiger partial charge in [0.1, 0.15) is 0 Å². The van der Waals surface area contributed by atoms with Crippen LogP contribution in [0.4, 0.5) is 0 Å². The number of hydrogen-bond donors (Lipinski definition) is 1. The molecule has 0 radical (unpaired) electrons. The van der Waals surface area contributed by atoms with E-state index < -0.39 is 5.97 Å². The molecule has 3 unspecified atom stereocenters. The van der Waals surface area contributed by atoms with Gasteiger partial charge in [-0.25, -0.2) is 0 Å². The van der Waals surface area contributed by atoms with Gasteiger partial charge in [-0.2, -0.15) is 0 Å². The quantitative estimate of drug-likeness (QED) is 0.601. The van der Waals surface area contributed by atoms with Crippen molar-refractivity contribution in [3.05, 3.63) is 0 Å². The molecule has 17 heavy (non-hydrogen) atoms. The molecular weight excluding hydrogens is 212 g/mol. The van der Waals surface area contributed by atoms with Crippen molar-refractivity contribution in [2.45, 2.75) is 72.6 Å². The molecule has 0 aromatic rings. The van der Waals surface area contributed by atoms with Crippen molar-refractivity contribution in [2.75, 3.05) is 0 Å². The Labute approximate surface area is 107 Å². The van der Waals surface area contributed by atoms with Crippen LogP contribution >= 0.6 is 0 Å². The molecule has 0 saturated carbocycles. The summed E-state index contributed by atoms with van der Waals surface area (Å²) in [6.07, 6.45) is 8.30. The molecule has 102 valence electrons. The van der Waals surface area contributed by atoms with Crippen molar-refractivity contribution in [1.29, 1.82) is 0 Å². The third-order valence-corrected chi connectivity index (χ3v) is 3.85. The number of carbonyl (C=O) groups is 1. The molecule has 0 heterocycles. The fourth-order valence-electron chi connectivity index (χ4n) is 2.06. The highest BCUT2D eigenvalue weighted by atomic mass is 16.4. The van der Waals surface area contributed by atoms with Gasteiger partial charge in [0.05, 0.1) is 5.92 Å². The van der Waals surface area contributed by atoms with Crippen molar-refractivity contribution in [1.82, 2.24) is 0 Å². The number of hydrogen-bond acceptors (Lipinski definition) is 1. The molecule has 0 amide bonds. The Balaban J connectivity index is 3.46. The van der Waals surface area contributed by atoms with Gasteiger partial charge >= 0.3 is 5.97 Å². The lowest BCUT2D eigenvalue weighted by Gasteiger charge is -2.14.